The van der Waals surface area contributed by atoms with Gasteiger partial charge in [-0.2, -0.15) is 0 Å². The molecule has 0 aliphatic carbocycles. The summed E-state index contributed by atoms with van der Waals surface area (Å²) in [6.45, 7) is 1.88. The van der Waals surface area contributed by atoms with Crippen LogP contribution in [0.15, 0.2) is 85.2 Å². The van der Waals surface area contributed by atoms with Crippen LogP contribution in [-0.4, -0.2) is 21.4 Å². The van der Waals surface area contributed by atoms with Crippen molar-refractivity contribution in [1.29, 1.82) is 0 Å². The molecule has 0 aliphatic heterocycles. The first-order chi connectivity index (χ1) is 15.0. The highest BCUT2D eigenvalue weighted by Crippen LogP contribution is 2.20. The van der Waals surface area contributed by atoms with Crippen LogP contribution in [0.4, 0.5) is 11.4 Å². The van der Waals surface area contributed by atoms with Gasteiger partial charge in [-0.1, -0.05) is 30.3 Å². The monoisotopic (exact) mass is 428 g/mol. The standard InChI is InChI=1S/C24H20N4O2S/c1-16-10-11-18(14-21(16)27-22(29)17-6-3-2-4-7-17)23(30)26-19-8-5-9-20(15-19)28-13-12-25-24(28)31/h2-15H,1H3,(H,25,31)(H,26,30)(H,27,29). The second-order valence-electron chi connectivity index (χ2n) is 6.99. The van der Waals surface area contributed by atoms with Gasteiger partial charge in [-0.3, -0.25) is 14.2 Å². The number of benzene rings is 3. The molecule has 0 bridgehead atoms. The van der Waals surface area contributed by atoms with Crippen molar-refractivity contribution in [3.63, 3.8) is 0 Å². The molecule has 0 saturated carbocycles. The highest BCUT2D eigenvalue weighted by atomic mass is 32.1. The van der Waals surface area contributed by atoms with Crippen molar-refractivity contribution < 1.29 is 9.59 Å². The molecule has 1 aromatic heterocycles. The Kier molecular flexibility index (Phi) is 5.77. The fourth-order valence-corrected chi connectivity index (χ4v) is 3.38. The Balaban J connectivity index is 1.53. The lowest BCUT2D eigenvalue weighted by Crippen LogP contribution is -2.15. The first-order valence-corrected chi connectivity index (χ1v) is 10.1. The van der Waals surface area contributed by atoms with Gasteiger partial charge in [0.15, 0.2) is 4.77 Å². The summed E-state index contributed by atoms with van der Waals surface area (Å²) in [6.07, 6.45) is 3.58. The molecular weight excluding hydrogens is 408 g/mol. The van der Waals surface area contributed by atoms with Crippen molar-refractivity contribution >= 4 is 35.4 Å². The predicted molar refractivity (Wildman–Crippen MR) is 124 cm³/mol. The smallest absolute Gasteiger partial charge is 0.255 e. The number of aromatic amines is 1. The number of H-pyrrole nitrogens is 1. The Morgan fingerprint density at radius 1 is 0.871 bits per heavy atom. The molecular formula is C24H20N4O2S. The first kappa shape index (κ1) is 20.3. The van der Waals surface area contributed by atoms with Gasteiger partial charge in [0.25, 0.3) is 11.8 Å². The molecule has 4 rings (SSSR count). The molecule has 0 fully saturated rings. The molecule has 2 amide bonds. The van der Waals surface area contributed by atoms with Gasteiger partial charge in [-0.15, -0.1) is 0 Å². The number of nitrogens with one attached hydrogen (secondary N) is 3. The van der Waals surface area contributed by atoms with E-state index in [1.165, 1.54) is 0 Å². The van der Waals surface area contributed by atoms with Crippen molar-refractivity contribution in [3.05, 3.63) is 107 Å². The molecule has 0 spiro atoms. The highest BCUT2D eigenvalue weighted by Gasteiger charge is 2.12. The maximum atomic E-state index is 12.8. The van der Waals surface area contributed by atoms with E-state index < -0.39 is 0 Å². The Labute approximate surface area is 184 Å². The van der Waals surface area contributed by atoms with Gasteiger partial charge in [0.05, 0.1) is 0 Å². The highest BCUT2D eigenvalue weighted by molar-refractivity contribution is 7.71. The van der Waals surface area contributed by atoms with Crippen molar-refractivity contribution in [3.8, 4) is 5.69 Å². The molecule has 154 valence electrons. The van der Waals surface area contributed by atoms with Crippen LogP contribution in [-0.2, 0) is 0 Å². The number of carbonyl (C=O) groups is 2. The maximum absolute atomic E-state index is 12.8. The number of hydrogen-bond acceptors (Lipinski definition) is 3. The van der Waals surface area contributed by atoms with Crippen LogP contribution in [0.2, 0.25) is 0 Å². The van der Waals surface area contributed by atoms with E-state index in [-0.39, 0.29) is 11.8 Å². The molecule has 0 saturated heterocycles. The van der Waals surface area contributed by atoms with Crippen LogP contribution in [0, 0.1) is 11.7 Å². The molecule has 0 aliphatic rings. The average Bonchev–Trinajstić information content (AvgIpc) is 3.22. The number of rotatable bonds is 5. The fourth-order valence-electron chi connectivity index (χ4n) is 3.14. The zero-order valence-corrected chi connectivity index (χ0v) is 17.6. The lowest BCUT2D eigenvalue weighted by molar-refractivity contribution is 0.101. The van der Waals surface area contributed by atoms with Gasteiger partial charge in [0, 0.05) is 40.6 Å². The molecule has 6 nitrogen and oxygen atoms in total. The third kappa shape index (κ3) is 4.62. The number of amides is 2. The van der Waals surface area contributed by atoms with Gasteiger partial charge in [0.2, 0.25) is 0 Å². The quantitative estimate of drug-likeness (QED) is 0.375. The zero-order valence-electron chi connectivity index (χ0n) is 16.8. The number of carbonyl (C=O) groups excluding carboxylic acids is 2. The molecule has 1 heterocycles. The van der Waals surface area contributed by atoms with Crippen LogP contribution in [0.3, 0.4) is 0 Å². The Hall–Kier alpha value is -3.97. The first-order valence-electron chi connectivity index (χ1n) is 9.66. The third-order valence-electron chi connectivity index (χ3n) is 4.82. The molecule has 3 aromatic carbocycles. The van der Waals surface area contributed by atoms with Crippen LogP contribution in [0.1, 0.15) is 26.3 Å². The van der Waals surface area contributed by atoms with Gasteiger partial charge >= 0.3 is 0 Å². The van der Waals surface area contributed by atoms with E-state index in [0.717, 1.165) is 11.3 Å². The van der Waals surface area contributed by atoms with Crippen LogP contribution in [0.5, 0.6) is 0 Å². The molecule has 0 radical (unpaired) electrons. The number of hydrogen-bond donors (Lipinski definition) is 3. The second-order valence-corrected chi connectivity index (χ2v) is 7.38. The van der Waals surface area contributed by atoms with E-state index in [1.807, 2.05) is 54.1 Å². The minimum absolute atomic E-state index is 0.225. The summed E-state index contributed by atoms with van der Waals surface area (Å²) < 4.78 is 2.38. The van der Waals surface area contributed by atoms with Crippen LogP contribution >= 0.6 is 12.2 Å². The molecule has 31 heavy (non-hydrogen) atoms. The van der Waals surface area contributed by atoms with Crippen molar-refractivity contribution in [2.24, 2.45) is 0 Å². The summed E-state index contributed by atoms with van der Waals surface area (Å²) in [5.41, 5.74) is 3.93. The number of imidazole rings is 1. The minimum atomic E-state index is -0.273. The topological polar surface area (TPSA) is 78.9 Å². The lowest BCUT2D eigenvalue weighted by atomic mass is 10.1. The van der Waals surface area contributed by atoms with Gasteiger partial charge in [-0.25, -0.2) is 0 Å². The van der Waals surface area contributed by atoms with E-state index in [1.54, 1.807) is 42.6 Å². The third-order valence-corrected chi connectivity index (χ3v) is 5.13. The Morgan fingerprint density at radius 2 is 1.65 bits per heavy atom. The van der Waals surface area contributed by atoms with Crippen LogP contribution in [0.25, 0.3) is 5.69 Å². The van der Waals surface area contributed by atoms with E-state index in [0.29, 0.717) is 27.3 Å². The zero-order chi connectivity index (χ0) is 21.8. The van der Waals surface area contributed by atoms with Gasteiger partial charge in [0.1, 0.15) is 0 Å². The van der Waals surface area contributed by atoms with E-state index >= 15 is 0 Å². The van der Waals surface area contributed by atoms with Gasteiger partial charge < -0.3 is 15.6 Å². The summed E-state index contributed by atoms with van der Waals surface area (Å²) in [4.78, 5) is 28.3. The van der Waals surface area contributed by atoms with Gasteiger partial charge in [-0.05, 0) is 67.2 Å². The number of aryl methyl sites for hydroxylation is 1. The van der Waals surface area contributed by atoms with Crippen LogP contribution < -0.4 is 10.6 Å². The molecule has 4 aromatic rings. The summed E-state index contributed by atoms with van der Waals surface area (Å²) in [7, 11) is 0. The Morgan fingerprint density at radius 3 is 2.39 bits per heavy atom. The summed E-state index contributed by atoms with van der Waals surface area (Å²) >= 11 is 5.26. The van der Waals surface area contributed by atoms with Crippen molar-refractivity contribution in [2.75, 3.05) is 10.6 Å². The van der Waals surface area contributed by atoms with Crippen molar-refractivity contribution in [2.45, 2.75) is 6.92 Å². The summed E-state index contributed by atoms with van der Waals surface area (Å²) in [6, 6.07) is 21.6. The second kappa shape index (κ2) is 8.81. The molecule has 7 heteroatoms. The molecule has 0 unspecified atom stereocenters. The van der Waals surface area contributed by atoms with E-state index in [9.17, 15) is 9.59 Å². The predicted octanol–water partition coefficient (Wildman–Crippen LogP) is 5.35. The normalized spacial score (nSPS) is 10.5. The number of aromatic nitrogens is 2. The fraction of sp³-hybridized carbons (Fsp3) is 0.0417. The minimum Gasteiger partial charge on any atom is -0.337 e. The average molecular weight is 429 g/mol. The number of anilines is 2. The molecule has 3 N–H and O–H groups in total. The Bertz CT molecular complexity index is 1310. The van der Waals surface area contributed by atoms with E-state index in [4.69, 9.17) is 12.2 Å². The maximum Gasteiger partial charge on any atom is 0.255 e. The molecule has 0 atom stereocenters. The SMILES string of the molecule is Cc1ccc(C(=O)Nc2cccc(-n3cc[nH]c3=S)c2)cc1NC(=O)c1ccccc1. The van der Waals surface area contributed by atoms with E-state index in [2.05, 4.69) is 15.6 Å². The van der Waals surface area contributed by atoms with Crippen molar-refractivity contribution in [1.82, 2.24) is 9.55 Å². The lowest BCUT2D eigenvalue weighted by Gasteiger charge is -2.12. The summed E-state index contributed by atoms with van der Waals surface area (Å²) in [5.74, 6) is -0.498. The number of nitrogens with zero attached hydrogens (tertiary/aromatic N) is 1. The summed E-state index contributed by atoms with van der Waals surface area (Å²) in [5, 5.41) is 5.78. The largest absolute Gasteiger partial charge is 0.337 e.